The molecule has 5 aromatic rings. The summed E-state index contributed by atoms with van der Waals surface area (Å²) >= 11 is 0. The molecule has 0 unspecified atom stereocenters. The Labute approximate surface area is 201 Å². The van der Waals surface area contributed by atoms with Gasteiger partial charge in [-0.2, -0.15) is 0 Å². The van der Waals surface area contributed by atoms with Gasteiger partial charge >= 0.3 is 5.69 Å². The minimum Gasteiger partial charge on any atom is -0.356 e. The molecule has 0 spiro atoms. The number of piperidine rings is 1. The number of pyridine rings is 1. The van der Waals surface area contributed by atoms with E-state index in [1.165, 1.54) is 6.33 Å². The van der Waals surface area contributed by atoms with Crippen molar-refractivity contribution in [3.05, 3.63) is 76.9 Å². The molecule has 0 amide bonds. The second-order valence-corrected chi connectivity index (χ2v) is 8.91. The van der Waals surface area contributed by atoms with Crippen molar-refractivity contribution in [3.8, 4) is 0 Å². The molecule has 9 nitrogen and oxygen atoms in total. The molecule has 5 heterocycles. The van der Waals surface area contributed by atoms with Gasteiger partial charge in [-0.05, 0) is 31.0 Å². The molecule has 4 aromatic heterocycles. The average Bonchev–Trinajstić information content (AvgIpc) is 3.39. The van der Waals surface area contributed by atoms with E-state index >= 15 is 0 Å². The SMILES string of the molecule is [B]c1ccc2c(C(=O)c3cc(N4CCC(n5c(=O)[nH]c6ncccc65)CC4)ncn3)cn(C)c2c1. The molecule has 1 aliphatic rings. The highest BCUT2D eigenvalue weighted by Crippen LogP contribution is 2.28. The highest BCUT2D eigenvalue weighted by Gasteiger charge is 2.25. The van der Waals surface area contributed by atoms with E-state index in [-0.39, 0.29) is 17.5 Å². The second-order valence-electron chi connectivity index (χ2n) is 8.91. The van der Waals surface area contributed by atoms with Gasteiger partial charge in [0.2, 0.25) is 5.78 Å². The first-order valence-corrected chi connectivity index (χ1v) is 11.5. The summed E-state index contributed by atoms with van der Waals surface area (Å²) in [5.41, 5.74) is 3.77. The Hall–Kier alpha value is -4.21. The van der Waals surface area contributed by atoms with Crippen molar-refractivity contribution >= 4 is 47.0 Å². The molecule has 0 aliphatic carbocycles. The Kier molecular flexibility index (Phi) is 5.02. The maximum absolute atomic E-state index is 13.4. The first-order valence-electron chi connectivity index (χ1n) is 11.5. The van der Waals surface area contributed by atoms with Gasteiger partial charge in [0.1, 0.15) is 25.7 Å². The van der Waals surface area contributed by atoms with Gasteiger partial charge in [0, 0.05) is 61.1 Å². The topological polar surface area (TPSA) is 102 Å². The molecule has 1 saturated heterocycles. The maximum Gasteiger partial charge on any atom is 0.327 e. The number of aromatic amines is 1. The van der Waals surface area contributed by atoms with E-state index in [1.807, 2.05) is 46.6 Å². The summed E-state index contributed by atoms with van der Waals surface area (Å²) < 4.78 is 3.70. The van der Waals surface area contributed by atoms with Crippen LogP contribution in [0.15, 0.2) is 59.9 Å². The third-order valence-corrected chi connectivity index (χ3v) is 6.79. The third-order valence-electron chi connectivity index (χ3n) is 6.79. The molecule has 172 valence electrons. The summed E-state index contributed by atoms with van der Waals surface area (Å²) in [7, 11) is 7.81. The lowest BCUT2D eigenvalue weighted by Gasteiger charge is -2.33. The number of hydrogen-bond acceptors (Lipinski definition) is 6. The maximum atomic E-state index is 13.4. The lowest BCUT2D eigenvalue weighted by molar-refractivity contribution is 0.103. The van der Waals surface area contributed by atoms with Crippen LogP contribution in [0.1, 0.15) is 34.9 Å². The number of H-pyrrole nitrogens is 1. The number of carbonyl (C=O) groups is 1. The Morgan fingerprint density at radius 1 is 1.09 bits per heavy atom. The van der Waals surface area contributed by atoms with Crippen LogP contribution in [0.25, 0.3) is 22.1 Å². The van der Waals surface area contributed by atoms with Crippen molar-refractivity contribution < 1.29 is 4.79 Å². The van der Waals surface area contributed by atoms with Gasteiger partial charge in [-0.25, -0.2) is 19.7 Å². The molecule has 1 aliphatic heterocycles. The van der Waals surface area contributed by atoms with Gasteiger partial charge in [-0.1, -0.05) is 17.6 Å². The Morgan fingerprint density at radius 2 is 1.91 bits per heavy atom. The Balaban J connectivity index is 1.24. The predicted octanol–water partition coefficient (Wildman–Crippen LogP) is 1.87. The van der Waals surface area contributed by atoms with Crippen LogP contribution in [0.2, 0.25) is 0 Å². The molecule has 0 bridgehead atoms. The van der Waals surface area contributed by atoms with E-state index in [0.717, 1.165) is 29.3 Å². The summed E-state index contributed by atoms with van der Waals surface area (Å²) in [5.74, 6) is 0.552. The molecule has 6 rings (SSSR count). The number of nitrogens with zero attached hydrogens (tertiary/aromatic N) is 6. The van der Waals surface area contributed by atoms with Crippen LogP contribution in [0, 0.1) is 0 Å². The lowest BCUT2D eigenvalue weighted by Crippen LogP contribution is -2.37. The minimum absolute atomic E-state index is 0.0720. The highest BCUT2D eigenvalue weighted by molar-refractivity contribution is 6.33. The molecule has 35 heavy (non-hydrogen) atoms. The zero-order valence-corrected chi connectivity index (χ0v) is 19.2. The van der Waals surface area contributed by atoms with Crippen molar-refractivity contribution in [2.75, 3.05) is 18.0 Å². The summed E-state index contributed by atoms with van der Waals surface area (Å²) in [5, 5.41) is 0.839. The third kappa shape index (κ3) is 3.62. The van der Waals surface area contributed by atoms with Crippen LogP contribution in [0.3, 0.4) is 0 Å². The zero-order chi connectivity index (χ0) is 24.1. The van der Waals surface area contributed by atoms with Crippen LogP contribution in [-0.4, -0.2) is 55.8 Å². The van der Waals surface area contributed by atoms with E-state index in [4.69, 9.17) is 7.85 Å². The normalized spacial score (nSPS) is 14.7. The number of imidazole rings is 1. The number of carbonyl (C=O) groups excluding carboxylic acids is 1. The van der Waals surface area contributed by atoms with Crippen LogP contribution in [0.4, 0.5) is 5.82 Å². The average molecular weight is 463 g/mol. The van der Waals surface area contributed by atoms with Gasteiger partial charge in [0.05, 0.1) is 5.52 Å². The monoisotopic (exact) mass is 463 g/mol. The van der Waals surface area contributed by atoms with Gasteiger partial charge in [0.15, 0.2) is 5.65 Å². The fourth-order valence-electron chi connectivity index (χ4n) is 5.04. The quantitative estimate of drug-likeness (QED) is 0.323. The van der Waals surface area contributed by atoms with Crippen LogP contribution < -0.4 is 16.1 Å². The van der Waals surface area contributed by atoms with Gasteiger partial charge < -0.3 is 9.47 Å². The number of ketones is 1. The standard InChI is InChI=1S/C25H22BN7O2/c1-31-13-18(17-5-4-15(26)11-21(17)31)23(34)19-12-22(29-14-28-19)32-9-6-16(7-10-32)33-20-3-2-8-27-24(20)30-25(33)35/h2-5,8,11-14,16H,6-7,9-10H2,1H3,(H,27,30,35). The van der Waals surface area contributed by atoms with Crippen LogP contribution in [-0.2, 0) is 7.05 Å². The summed E-state index contributed by atoms with van der Waals surface area (Å²) in [6, 6.07) is 11.1. The molecule has 10 heteroatoms. The van der Waals surface area contributed by atoms with Gasteiger partial charge in [0.25, 0.3) is 0 Å². The van der Waals surface area contributed by atoms with Crippen molar-refractivity contribution in [1.82, 2.24) is 29.1 Å². The number of rotatable bonds is 4. The summed E-state index contributed by atoms with van der Waals surface area (Å²) in [6.45, 7) is 1.42. The lowest BCUT2D eigenvalue weighted by atomic mass is 9.94. The number of fused-ring (bicyclic) bond motifs is 2. The summed E-state index contributed by atoms with van der Waals surface area (Å²) in [6.07, 6.45) is 6.48. The number of anilines is 1. The molecular weight excluding hydrogens is 441 g/mol. The van der Waals surface area contributed by atoms with Crippen LogP contribution in [0.5, 0.6) is 0 Å². The van der Waals surface area contributed by atoms with E-state index in [0.29, 0.717) is 41.3 Å². The Morgan fingerprint density at radius 3 is 2.74 bits per heavy atom. The molecule has 2 radical (unpaired) electrons. The molecular formula is C25H22BN7O2. The number of aromatic nitrogens is 6. The van der Waals surface area contributed by atoms with Crippen molar-refractivity contribution in [1.29, 1.82) is 0 Å². The first kappa shape index (κ1) is 21.3. The van der Waals surface area contributed by atoms with Gasteiger partial charge in [-0.15, -0.1) is 0 Å². The molecule has 0 atom stereocenters. The number of hydrogen-bond donors (Lipinski definition) is 1. The van der Waals surface area contributed by atoms with E-state index in [9.17, 15) is 9.59 Å². The minimum atomic E-state index is -0.156. The smallest absolute Gasteiger partial charge is 0.327 e. The Bertz CT molecular complexity index is 1640. The van der Waals surface area contributed by atoms with E-state index < -0.39 is 0 Å². The molecule has 1 N–H and O–H groups in total. The number of benzene rings is 1. The van der Waals surface area contributed by atoms with E-state index in [2.05, 4.69) is 24.8 Å². The fourth-order valence-corrected chi connectivity index (χ4v) is 5.04. The molecule has 0 saturated carbocycles. The van der Waals surface area contributed by atoms with Crippen molar-refractivity contribution in [2.45, 2.75) is 18.9 Å². The van der Waals surface area contributed by atoms with Gasteiger partial charge in [-0.3, -0.25) is 14.3 Å². The predicted molar refractivity (Wildman–Crippen MR) is 135 cm³/mol. The largest absolute Gasteiger partial charge is 0.356 e. The highest BCUT2D eigenvalue weighted by atomic mass is 16.1. The first-order chi connectivity index (χ1) is 17.0. The van der Waals surface area contributed by atoms with Crippen molar-refractivity contribution in [3.63, 3.8) is 0 Å². The fraction of sp³-hybridized carbons (Fsp3) is 0.240. The zero-order valence-electron chi connectivity index (χ0n) is 19.2. The van der Waals surface area contributed by atoms with E-state index in [1.54, 1.807) is 18.3 Å². The number of aryl methyl sites for hydroxylation is 1. The second kappa shape index (κ2) is 8.23. The number of nitrogens with one attached hydrogen (secondary N) is 1. The van der Waals surface area contributed by atoms with Crippen LogP contribution >= 0.6 is 0 Å². The molecule has 1 aromatic carbocycles. The molecule has 1 fully saturated rings. The summed E-state index contributed by atoms with van der Waals surface area (Å²) in [4.78, 5) is 43.8. The van der Waals surface area contributed by atoms with Crippen molar-refractivity contribution in [2.24, 2.45) is 7.05 Å².